The van der Waals surface area contributed by atoms with E-state index in [0.29, 0.717) is 34.7 Å². The van der Waals surface area contributed by atoms with E-state index in [0.717, 1.165) is 43.7 Å². The van der Waals surface area contributed by atoms with Gasteiger partial charge in [-0.05, 0) is 115 Å². The minimum absolute atomic E-state index is 0.00379. The highest BCUT2D eigenvalue weighted by molar-refractivity contribution is 6.38. The van der Waals surface area contributed by atoms with Crippen LogP contribution in [0.2, 0.25) is 0 Å². The zero-order valence-electron chi connectivity index (χ0n) is 56.9. The number of hydrogen-bond acceptors (Lipinski definition) is 17. The van der Waals surface area contributed by atoms with Crippen molar-refractivity contribution in [2.45, 2.75) is 76.6 Å². The number of nitrogens with one attached hydrogen (secondary N) is 2. The van der Waals surface area contributed by atoms with Gasteiger partial charge in [-0.1, -0.05) is 116 Å². The van der Waals surface area contributed by atoms with Gasteiger partial charge in [-0.3, -0.25) is 33.6 Å². The lowest BCUT2D eigenvalue weighted by Gasteiger charge is -2.40. The van der Waals surface area contributed by atoms with Crippen LogP contribution in [0.15, 0.2) is 158 Å². The van der Waals surface area contributed by atoms with Crippen LogP contribution in [0.4, 0.5) is 4.79 Å². The number of ether oxygens (including phenoxy) is 6. The summed E-state index contributed by atoms with van der Waals surface area (Å²) in [6.07, 6.45) is -0.743. The van der Waals surface area contributed by atoms with Gasteiger partial charge in [0.25, 0.3) is 11.8 Å². The molecule has 1 heterocycles. The topological polar surface area (TPSA) is 287 Å². The van der Waals surface area contributed by atoms with E-state index in [-0.39, 0.29) is 75.2 Å². The number of aromatic hydroxyl groups is 1. The standard InChI is InChI=1S/C75H85N7O17/c1-10-68(87)98-47-75(3,4)69(88)72(91)82-37-36-81(74(93)97-45-58-56-26-17-15-24-54(56)55-25-16-18-27-57(55)58)43-61(82)73(92)99-62(34-30-50-31-35-63(94-8)64(40-50)95-9)51-22-19-23-53(41-51)96-46-67(86)80(7)60(39-49-28-32-52(83)33-29-49)70(89)77-59(38-48-20-13-12-14-21-48)71(90)79(6)44-65(84)76-42-66(85)78(5)11-2/h10,12-29,31-33,35,40-41,58-62,83H,1,11,30,34,36-39,42-47H2,2-9H3,(H,76,84)(H,77,89)/t59-,60+,61+,62-/m1/s1. The summed E-state index contributed by atoms with van der Waals surface area (Å²) in [4.78, 5) is 146. The average molecular weight is 1360 g/mol. The molecule has 1 aliphatic heterocycles. The molecule has 8 rings (SSSR count). The van der Waals surface area contributed by atoms with Crippen LogP contribution >= 0.6 is 0 Å². The van der Waals surface area contributed by atoms with E-state index in [1.165, 1.54) is 69.0 Å². The minimum atomic E-state index is -1.58. The average Bonchev–Trinajstić information content (AvgIpc) is 1.68. The van der Waals surface area contributed by atoms with E-state index in [4.69, 9.17) is 28.4 Å². The third-order valence-corrected chi connectivity index (χ3v) is 17.6. The molecule has 99 heavy (non-hydrogen) atoms. The fourth-order valence-corrected chi connectivity index (χ4v) is 11.6. The number of Topliss-reactive ketones (excluding diaryl/α,β-unsaturated/α-hetero) is 1. The van der Waals surface area contributed by atoms with Gasteiger partial charge in [-0.25, -0.2) is 14.4 Å². The molecule has 0 unspecified atom stereocenters. The lowest BCUT2D eigenvalue weighted by Crippen LogP contribution is -2.62. The van der Waals surface area contributed by atoms with E-state index in [2.05, 4.69) is 17.2 Å². The van der Waals surface area contributed by atoms with Gasteiger partial charge >= 0.3 is 18.0 Å². The summed E-state index contributed by atoms with van der Waals surface area (Å²) in [6.45, 7) is 5.66. The second-order valence-electron chi connectivity index (χ2n) is 24.8. The van der Waals surface area contributed by atoms with Gasteiger partial charge in [-0.15, -0.1) is 0 Å². The van der Waals surface area contributed by atoms with Crippen LogP contribution in [0, 0.1) is 5.41 Å². The molecule has 24 nitrogen and oxygen atoms in total. The predicted molar refractivity (Wildman–Crippen MR) is 365 cm³/mol. The van der Waals surface area contributed by atoms with Crippen molar-refractivity contribution in [2.75, 3.05) is 94.5 Å². The highest BCUT2D eigenvalue weighted by Gasteiger charge is 2.46. The van der Waals surface area contributed by atoms with Crippen molar-refractivity contribution in [3.63, 3.8) is 0 Å². The molecule has 522 valence electrons. The third-order valence-electron chi connectivity index (χ3n) is 17.6. The monoisotopic (exact) mass is 1360 g/mol. The molecule has 0 aromatic heterocycles. The van der Waals surface area contributed by atoms with Crippen LogP contribution in [-0.4, -0.2) is 201 Å². The highest BCUT2D eigenvalue weighted by atomic mass is 16.6. The lowest BCUT2D eigenvalue weighted by atomic mass is 9.87. The number of likely N-dealkylation sites (N-methyl/N-ethyl adjacent to an activating group) is 3. The van der Waals surface area contributed by atoms with Gasteiger partial charge in [0.2, 0.25) is 29.4 Å². The molecule has 0 bridgehead atoms. The number of nitrogens with zero attached hydrogens (tertiary/aromatic N) is 5. The Morgan fingerprint density at radius 1 is 0.717 bits per heavy atom. The molecule has 1 saturated heterocycles. The third kappa shape index (κ3) is 19.2. The number of benzene rings is 6. The maximum atomic E-state index is 15.2. The molecule has 2 aliphatic rings. The first-order chi connectivity index (χ1) is 47.4. The maximum Gasteiger partial charge on any atom is 0.409 e. The van der Waals surface area contributed by atoms with Crippen molar-refractivity contribution < 1.29 is 81.5 Å². The molecule has 3 N–H and O–H groups in total. The van der Waals surface area contributed by atoms with Gasteiger partial charge in [0, 0.05) is 65.6 Å². The largest absolute Gasteiger partial charge is 0.508 e. The number of rotatable bonds is 31. The van der Waals surface area contributed by atoms with E-state index >= 15 is 4.79 Å². The van der Waals surface area contributed by atoms with Crippen molar-refractivity contribution in [3.8, 4) is 34.1 Å². The van der Waals surface area contributed by atoms with Crippen LogP contribution < -0.4 is 24.8 Å². The van der Waals surface area contributed by atoms with Crippen molar-refractivity contribution in [1.29, 1.82) is 0 Å². The first kappa shape index (κ1) is 73.8. The summed E-state index contributed by atoms with van der Waals surface area (Å²) < 4.78 is 35.0. The number of carbonyl (C=O) groups excluding carboxylic acids is 10. The lowest BCUT2D eigenvalue weighted by molar-refractivity contribution is -0.166. The van der Waals surface area contributed by atoms with E-state index < -0.39 is 109 Å². The fraction of sp³-hybridized carbons (Fsp3) is 0.360. The summed E-state index contributed by atoms with van der Waals surface area (Å²) in [6, 6.07) is 38.2. The molecule has 0 saturated carbocycles. The zero-order valence-corrected chi connectivity index (χ0v) is 56.9. The molecule has 1 aliphatic carbocycles. The van der Waals surface area contributed by atoms with Gasteiger partial charge in [0.1, 0.15) is 48.9 Å². The Morgan fingerprint density at radius 3 is 2.02 bits per heavy atom. The van der Waals surface area contributed by atoms with Gasteiger partial charge in [0.05, 0.1) is 39.3 Å². The normalized spacial score (nSPS) is 14.1. The van der Waals surface area contributed by atoms with E-state index in [9.17, 15) is 48.3 Å². The number of fused-ring (bicyclic) bond motifs is 3. The van der Waals surface area contributed by atoms with Crippen LogP contribution in [0.25, 0.3) is 11.1 Å². The predicted octanol–water partition coefficient (Wildman–Crippen LogP) is 6.64. The van der Waals surface area contributed by atoms with Crippen LogP contribution in [0.5, 0.6) is 23.0 Å². The minimum Gasteiger partial charge on any atom is -0.508 e. The van der Waals surface area contributed by atoms with E-state index in [1.807, 2.05) is 54.6 Å². The van der Waals surface area contributed by atoms with Gasteiger partial charge < -0.3 is 68.7 Å². The molecular formula is C75H85N7O17. The van der Waals surface area contributed by atoms with Crippen LogP contribution in [0.3, 0.4) is 0 Å². The molecule has 24 heteroatoms. The van der Waals surface area contributed by atoms with Crippen LogP contribution in [0.1, 0.15) is 72.6 Å². The summed E-state index contributed by atoms with van der Waals surface area (Å²) in [5.74, 6) is -6.16. The summed E-state index contributed by atoms with van der Waals surface area (Å²) in [7, 11) is 7.38. The molecule has 6 aromatic carbocycles. The number of esters is 2. The molecule has 0 radical (unpaired) electrons. The number of amides is 7. The Morgan fingerprint density at radius 2 is 1.36 bits per heavy atom. The molecule has 0 spiro atoms. The first-order valence-corrected chi connectivity index (χ1v) is 32.5. The Bertz CT molecular complexity index is 3870. The fourth-order valence-electron chi connectivity index (χ4n) is 11.6. The van der Waals surface area contributed by atoms with Gasteiger partial charge in [0.15, 0.2) is 18.1 Å². The summed E-state index contributed by atoms with van der Waals surface area (Å²) >= 11 is 0. The van der Waals surface area contributed by atoms with Crippen molar-refractivity contribution >= 4 is 59.3 Å². The Balaban J connectivity index is 1.05. The number of aryl methyl sites for hydroxylation is 1. The number of ketones is 1. The smallest absolute Gasteiger partial charge is 0.409 e. The maximum absolute atomic E-state index is 15.2. The van der Waals surface area contributed by atoms with E-state index in [1.54, 1.807) is 92.8 Å². The molecule has 6 aromatic rings. The number of phenolic OH excluding ortho intramolecular Hbond substituents is 1. The Kier molecular flexibility index (Phi) is 25.5. The number of carbonyl (C=O) groups is 10. The zero-order chi connectivity index (χ0) is 71.5. The molecule has 7 amide bonds. The Hall–Kier alpha value is -11.0. The Labute approximate surface area is 575 Å². The second-order valence-corrected chi connectivity index (χ2v) is 24.8. The van der Waals surface area contributed by atoms with Crippen molar-refractivity contribution in [2.24, 2.45) is 5.41 Å². The van der Waals surface area contributed by atoms with Crippen molar-refractivity contribution in [1.82, 2.24) is 35.1 Å². The number of phenols is 1. The SMILES string of the molecule is C=CC(=O)OCC(C)(C)C(=O)C(=O)N1CCN(C(=O)OCC2c3ccccc3-c3ccccc32)C[C@H]1C(=O)O[C@H](CCc1ccc(OC)c(OC)c1)c1cccc(OCC(=O)N(C)[C@@H](Cc2ccc(O)cc2)C(=O)N[C@H](Cc2ccccc2)C(=O)N(C)CC(=O)NCC(=O)N(C)CC)c1. The van der Waals surface area contributed by atoms with Crippen LogP contribution in [-0.2, 0) is 76.6 Å². The number of hydrogen-bond donors (Lipinski definition) is 3. The highest BCUT2D eigenvalue weighted by Crippen LogP contribution is 2.45. The van der Waals surface area contributed by atoms with Gasteiger partial charge in [-0.2, -0.15) is 0 Å². The molecule has 1 fully saturated rings. The summed E-state index contributed by atoms with van der Waals surface area (Å²) in [5, 5.41) is 15.5. The number of piperazine rings is 1. The quantitative estimate of drug-likeness (QED) is 0.0178. The first-order valence-electron chi connectivity index (χ1n) is 32.5. The second kappa shape index (κ2) is 34.3. The molecular weight excluding hydrogens is 1270 g/mol. The summed E-state index contributed by atoms with van der Waals surface area (Å²) in [5.41, 5.74) is 4.75. The molecule has 4 atom stereocenters. The number of methoxy groups -OCH3 is 2. The van der Waals surface area contributed by atoms with Crippen molar-refractivity contribution in [3.05, 3.63) is 192 Å².